The summed E-state index contributed by atoms with van der Waals surface area (Å²) in [5.74, 6) is 0.449. The topological polar surface area (TPSA) is 77.2 Å². The fourth-order valence-corrected chi connectivity index (χ4v) is 3.13. The summed E-state index contributed by atoms with van der Waals surface area (Å²) < 4.78 is 23.9. The summed E-state index contributed by atoms with van der Waals surface area (Å²) >= 11 is 1.37. The van der Waals surface area contributed by atoms with Gasteiger partial charge in [0.25, 0.3) is 5.91 Å². The number of amides is 1. The van der Waals surface area contributed by atoms with Crippen LogP contribution in [0.4, 0.5) is 9.52 Å². The summed E-state index contributed by atoms with van der Waals surface area (Å²) in [7, 11) is 0. The first-order valence-electron chi connectivity index (χ1n) is 8.75. The molecule has 0 saturated carbocycles. The van der Waals surface area contributed by atoms with Crippen molar-refractivity contribution in [2.45, 2.75) is 39.2 Å². The molecular weight excluding hydrogens is 369 g/mol. The summed E-state index contributed by atoms with van der Waals surface area (Å²) in [5, 5.41) is 12.1. The number of rotatable bonds is 9. The highest BCUT2D eigenvalue weighted by molar-refractivity contribution is 7.15. The molecule has 142 valence electrons. The van der Waals surface area contributed by atoms with Gasteiger partial charge in [-0.3, -0.25) is 10.1 Å². The van der Waals surface area contributed by atoms with Crippen molar-refractivity contribution < 1.29 is 18.3 Å². The monoisotopic (exact) mass is 389 g/mol. The number of hydrogen-bond donors (Lipinski definition) is 1. The van der Waals surface area contributed by atoms with E-state index in [-0.39, 0.29) is 24.1 Å². The average molecular weight is 389 g/mol. The van der Waals surface area contributed by atoms with Crippen LogP contribution in [0.1, 0.15) is 47.5 Å². The summed E-state index contributed by atoms with van der Waals surface area (Å²) in [4.78, 5) is 12.3. The van der Waals surface area contributed by atoms with E-state index < -0.39 is 0 Å². The van der Waals surface area contributed by atoms with Crippen molar-refractivity contribution >= 4 is 22.4 Å². The predicted octanol–water partition coefficient (Wildman–Crippen LogP) is 4.83. The van der Waals surface area contributed by atoms with Crippen LogP contribution >= 0.6 is 11.3 Å². The number of nitrogens with one attached hydrogen (secondary N) is 1. The molecule has 0 radical (unpaired) electrons. The van der Waals surface area contributed by atoms with Gasteiger partial charge in [0.05, 0.1) is 0 Å². The third-order valence-electron chi connectivity index (χ3n) is 3.76. The largest absolute Gasteiger partial charge is 0.486 e. The van der Waals surface area contributed by atoms with Gasteiger partial charge in [-0.1, -0.05) is 31.1 Å². The third kappa shape index (κ3) is 5.62. The number of unbranched alkanes of at least 4 members (excludes halogenated alkanes) is 2. The van der Waals surface area contributed by atoms with Crippen LogP contribution in [0, 0.1) is 5.82 Å². The van der Waals surface area contributed by atoms with Crippen LogP contribution in [0.25, 0.3) is 0 Å². The van der Waals surface area contributed by atoms with Crippen molar-refractivity contribution in [1.29, 1.82) is 0 Å². The minimum atomic E-state index is -0.390. The van der Waals surface area contributed by atoms with E-state index in [4.69, 9.17) is 9.15 Å². The highest BCUT2D eigenvalue weighted by Crippen LogP contribution is 2.20. The standard InChI is InChI=1S/C19H20FN3O3S/c1-2-3-4-5-17-22-23-19(27-17)21-18(24)16-11-10-15(26-16)12-25-14-8-6-13(20)7-9-14/h6-11H,2-5,12H2,1H3,(H,21,23,24). The van der Waals surface area contributed by atoms with Crippen LogP contribution in [0.3, 0.4) is 0 Å². The first-order chi connectivity index (χ1) is 13.1. The highest BCUT2D eigenvalue weighted by Gasteiger charge is 2.14. The molecule has 0 bridgehead atoms. The zero-order valence-electron chi connectivity index (χ0n) is 14.9. The Morgan fingerprint density at radius 2 is 2.00 bits per heavy atom. The van der Waals surface area contributed by atoms with Gasteiger partial charge in [0, 0.05) is 6.42 Å². The lowest BCUT2D eigenvalue weighted by Gasteiger charge is -2.03. The van der Waals surface area contributed by atoms with Crippen molar-refractivity contribution in [2.75, 3.05) is 5.32 Å². The molecule has 0 aliphatic rings. The van der Waals surface area contributed by atoms with Gasteiger partial charge >= 0.3 is 0 Å². The Balaban J connectivity index is 1.51. The Morgan fingerprint density at radius 1 is 1.19 bits per heavy atom. The van der Waals surface area contributed by atoms with Crippen molar-refractivity contribution in [3.63, 3.8) is 0 Å². The van der Waals surface area contributed by atoms with Gasteiger partial charge < -0.3 is 9.15 Å². The van der Waals surface area contributed by atoms with Gasteiger partial charge in [-0.05, 0) is 42.8 Å². The van der Waals surface area contributed by atoms with E-state index in [1.165, 1.54) is 35.6 Å². The fraction of sp³-hybridized carbons (Fsp3) is 0.316. The number of halogens is 1. The molecule has 0 spiro atoms. The number of furan rings is 1. The number of hydrogen-bond acceptors (Lipinski definition) is 6. The molecule has 0 atom stereocenters. The van der Waals surface area contributed by atoms with E-state index in [0.717, 1.165) is 30.7 Å². The Morgan fingerprint density at radius 3 is 2.78 bits per heavy atom. The molecule has 1 N–H and O–H groups in total. The smallest absolute Gasteiger partial charge is 0.293 e. The summed E-state index contributed by atoms with van der Waals surface area (Å²) in [6, 6.07) is 8.92. The molecule has 1 amide bonds. The number of ether oxygens (including phenoxy) is 1. The molecule has 6 nitrogen and oxygen atoms in total. The SMILES string of the molecule is CCCCCc1nnc(NC(=O)c2ccc(COc3ccc(F)cc3)o2)s1. The quantitative estimate of drug-likeness (QED) is 0.530. The maximum Gasteiger partial charge on any atom is 0.293 e. The maximum atomic E-state index is 12.9. The first kappa shape index (κ1) is 19.0. The molecule has 0 aliphatic heterocycles. The van der Waals surface area contributed by atoms with Gasteiger partial charge in [0.1, 0.15) is 28.9 Å². The van der Waals surface area contributed by atoms with Crippen LogP contribution in [0.2, 0.25) is 0 Å². The van der Waals surface area contributed by atoms with Crippen molar-refractivity contribution in [3.05, 3.63) is 58.7 Å². The van der Waals surface area contributed by atoms with Gasteiger partial charge in [0.2, 0.25) is 5.13 Å². The van der Waals surface area contributed by atoms with Crippen LogP contribution in [0.5, 0.6) is 5.75 Å². The Bertz CT molecular complexity index is 876. The number of benzene rings is 1. The molecule has 2 heterocycles. The number of anilines is 1. The third-order valence-corrected chi connectivity index (χ3v) is 4.66. The summed E-state index contributed by atoms with van der Waals surface area (Å²) in [6.45, 7) is 2.29. The van der Waals surface area contributed by atoms with Crippen molar-refractivity contribution in [2.24, 2.45) is 0 Å². The predicted molar refractivity (Wildman–Crippen MR) is 101 cm³/mol. The normalized spacial score (nSPS) is 10.7. The number of carbonyl (C=O) groups is 1. The second-order valence-corrected chi connectivity index (χ2v) is 6.98. The lowest BCUT2D eigenvalue weighted by molar-refractivity contribution is 0.0992. The van der Waals surface area contributed by atoms with E-state index in [1.54, 1.807) is 12.1 Å². The van der Waals surface area contributed by atoms with Gasteiger partial charge in [0.15, 0.2) is 5.76 Å². The van der Waals surface area contributed by atoms with E-state index in [0.29, 0.717) is 16.6 Å². The Kier molecular flexibility index (Phi) is 6.54. The van der Waals surface area contributed by atoms with E-state index in [1.807, 2.05) is 0 Å². The maximum absolute atomic E-state index is 12.9. The molecule has 0 saturated heterocycles. The van der Waals surface area contributed by atoms with Gasteiger partial charge in [-0.25, -0.2) is 4.39 Å². The van der Waals surface area contributed by atoms with Gasteiger partial charge in [-0.15, -0.1) is 10.2 Å². The zero-order valence-corrected chi connectivity index (χ0v) is 15.7. The van der Waals surface area contributed by atoms with E-state index in [9.17, 15) is 9.18 Å². The second-order valence-electron chi connectivity index (χ2n) is 5.92. The van der Waals surface area contributed by atoms with Crippen LogP contribution < -0.4 is 10.1 Å². The molecule has 8 heteroatoms. The van der Waals surface area contributed by atoms with Crippen molar-refractivity contribution in [3.8, 4) is 5.75 Å². The van der Waals surface area contributed by atoms with Gasteiger partial charge in [-0.2, -0.15) is 0 Å². The van der Waals surface area contributed by atoms with Crippen LogP contribution in [-0.2, 0) is 13.0 Å². The summed E-state index contributed by atoms with van der Waals surface area (Å²) in [5.41, 5.74) is 0. The lowest BCUT2D eigenvalue weighted by Crippen LogP contribution is -2.10. The highest BCUT2D eigenvalue weighted by atomic mass is 32.1. The Labute approximate surface area is 160 Å². The molecule has 27 heavy (non-hydrogen) atoms. The second kappa shape index (κ2) is 9.27. The zero-order chi connectivity index (χ0) is 19.1. The van der Waals surface area contributed by atoms with Crippen LogP contribution in [0.15, 0.2) is 40.8 Å². The minimum Gasteiger partial charge on any atom is -0.486 e. The molecule has 0 unspecified atom stereocenters. The number of aromatic nitrogens is 2. The number of nitrogens with zero attached hydrogens (tertiary/aromatic N) is 2. The average Bonchev–Trinajstić information content (AvgIpc) is 3.31. The summed E-state index contributed by atoms with van der Waals surface area (Å²) in [6.07, 6.45) is 4.23. The van der Waals surface area contributed by atoms with Crippen molar-refractivity contribution in [1.82, 2.24) is 10.2 Å². The van der Waals surface area contributed by atoms with E-state index >= 15 is 0 Å². The molecule has 3 aromatic rings. The molecule has 2 aromatic heterocycles. The Hall–Kier alpha value is -2.74. The molecule has 3 rings (SSSR count). The number of aryl methyl sites for hydroxylation is 1. The molecule has 0 fully saturated rings. The molecular formula is C19H20FN3O3S. The fourth-order valence-electron chi connectivity index (χ4n) is 2.35. The first-order valence-corrected chi connectivity index (χ1v) is 9.56. The van der Waals surface area contributed by atoms with Crippen LogP contribution in [-0.4, -0.2) is 16.1 Å². The molecule has 0 aliphatic carbocycles. The lowest BCUT2D eigenvalue weighted by atomic mass is 10.2. The number of carbonyl (C=O) groups excluding carboxylic acids is 1. The van der Waals surface area contributed by atoms with E-state index in [2.05, 4.69) is 22.4 Å². The minimum absolute atomic E-state index is 0.138. The molecule has 1 aromatic carbocycles.